The van der Waals surface area contributed by atoms with Crippen molar-refractivity contribution in [1.82, 2.24) is 0 Å². The van der Waals surface area contributed by atoms with Gasteiger partial charge in [0.15, 0.2) is 6.79 Å². The summed E-state index contributed by atoms with van der Waals surface area (Å²) in [6.45, 7) is 0.276. The summed E-state index contributed by atoms with van der Waals surface area (Å²) in [5.74, 6) is 0.865. The highest BCUT2D eigenvalue weighted by Gasteiger charge is 2.05. The Balaban J connectivity index is 2.30. The first-order chi connectivity index (χ1) is 8.85. The molecule has 0 radical (unpaired) electrons. The van der Waals surface area contributed by atoms with Crippen LogP contribution in [0.1, 0.15) is 0 Å². The van der Waals surface area contributed by atoms with E-state index in [1.54, 1.807) is 18.9 Å². The molecule has 0 saturated heterocycles. The summed E-state index contributed by atoms with van der Waals surface area (Å²) in [5, 5.41) is 0. The van der Waals surface area contributed by atoms with Gasteiger partial charge in [0.1, 0.15) is 5.75 Å². The molecule has 0 unspecified atom stereocenters. The van der Waals surface area contributed by atoms with Crippen LogP contribution in [-0.2, 0) is 4.74 Å². The fourth-order valence-electron chi connectivity index (χ4n) is 1.72. The van der Waals surface area contributed by atoms with Crippen LogP contribution in [0.25, 0.3) is 11.1 Å². The quantitative estimate of drug-likeness (QED) is 0.596. The molecule has 94 valence electrons. The Hall–Kier alpha value is -1.45. The van der Waals surface area contributed by atoms with Crippen LogP contribution in [0.3, 0.4) is 0 Å². The van der Waals surface area contributed by atoms with E-state index in [0.29, 0.717) is 0 Å². The summed E-state index contributed by atoms with van der Waals surface area (Å²) >= 11 is 1.67. The molecule has 3 heteroatoms. The first-order valence-electron chi connectivity index (χ1n) is 5.70. The molecule has 0 aromatic heterocycles. The predicted octanol–water partition coefficient (Wildman–Crippen LogP) is 4.06. The Morgan fingerprint density at radius 3 is 2.44 bits per heavy atom. The minimum Gasteiger partial charge on any atom is -0.466 e. The van der Waals surface area contributed by atoms with Crippen LogP contribution in [0.2, 0.25) is 0 Å². The molecule has 0 aliphatic carbocycles. The number of benzene rings is 2. The number of thioether (sulfide) groups is 1. The second-order valence-electron chi connectivity index (χ2n) is 3.78. The third-order valence-corrected chi connectivity index (χ3v) is 3.36. The summed E-state index contributed by atoms with van der Waals surface area (Å²) in [4.78, 5) is 1.12. The Morgan fingerprint density at radius 1 is 1.00 bits per heavy atom. The first kappa shape index (κ1) is 13.0. The number of hydrogen-bond donors (Lipinski definition) is 0. The van der Waals surface area contributed by atoms with Gasteiger partial charge in [-0.1, -0.05) is 36.4 Å². The molecule has 0 aliphatic rings. The molecule has 0 aliphatic heterocycles. The smallest absolute Gasteiger partial charge is 0.188 e. The van der Waals surface area contributed by atoms with E-state index in [0.717, 1.165) is 10.6 Å². The fraction of sp³-hybridized carbons (Fsp3) is 0.200. The van der Waals surface area contributed by atoms with E-state index in [-0.39, 0.29) is 6.79 Å². The lowest BCUT2D eigenvalue weighted by atomic mass is 10.1. The number of ether oxygens (including phenoxy) is 2. The molecule has 0 atom stereocenters. The van der Waals surface area contributed by atoms with Gasteiger partial charge in [-0.25, -0.2) is 0 Å². The lowest BCUT2D eigenvalue weighted by Gasteiger charge is -2.11. The van der Waals surface area contributed by atoms with Crippen molar-refractivity contribution in [3.05, 3.63) is 48.5 Å². The Labute approximate surface area is 112 Å². The second-order valence-corrected chi connectivity index (χ2v) is 4.63. The molecular formula is C15H16O2S. The summed E-state index contributed by atoms with van der Waals surface area (Å²) in [7, 11) is 1.62. The van der Waals surface area contributed by atoms with Crippen molar-refractivity contribution < 1.29 is 9.47 Å². The van der Waals surface area contributed by atoms with Crippen molar-refractivity contribution in [1.29, 1.82) is 0 Å². The van der Waals surface area contributed by atoms with Crippen molar-refractivity contribution in [2.45, 2.75) is 4.90 Å². The van der Waals surface area contributed by atoms with Gasteiger partial charge in [0, 0.05) is 12.0 Å². The van der Waals surface area contributed by atoms with Crippen LogP contribution in [0.5, 0.6) is 5.75 Å². The van der Waals surface area contributed by atoms with E-state index in [9.17, 15) is 0 Å². The molecule has 0 heterocycles. The second kappa shape index (κ2) is 6.47. The molecule has 0 spiro atoms. The van der Waals surface area contributed by atoms with E-state index in [1.807, 2.05) is 30.5 Å². The van der Waals surface area contributed by atoms with E-state index < -0.39 is 0 Å². The van der Waals surface area contributed by atoms with E-state index >= 15 is 0 Å². The van der Waals surface area contributed by atoms with Gasteiger partial charge in [-0.15, -0.1) is 11.8 Å². The Morgan fingerprint density at radius 2 is 1.78 bits per heavy atom. The normalized spacial score (nSPS) is 10.3. The highest BCUT2D eigenvalue weighted by atomic mass is 32.2. The molecule has 0 N–H and O–H groups in total. The lowest BCUT2D eigenvalue weighted by Crippen LogP contribution is -1.99. The fourth-order valence-corrected chi connectivity index (χ4v) is 2.29. The maximum absolute atomic E-state index is 5.52. The molecule has 0 bridgehead atoms. The summed E-state index contributed by atoms with van der Waals surface area (Å²) in [5.41, 5.74) is 2.41. The lowest BCUT2D eigenvalue weighted by molar-refractivity contribution is 0.0492. The van der Waals surface area contributed by atoms with Crippen molar-refractivity contribution in [3.8, 4) is 16.9 Å². The zero-order chi connectivity index (χ0) is 12.8. The van der Waals surface area contributed by atoms with E-state index in [4.69, 9.17) is 9.47 Å². The monoisotopic (exact) mass is 260 g/mol. The van der Waals surface area contributed by atoms with E-state index in [1.165, 1.54) is 11.1 Å². The van der Waals surface area contributed by atoms with Crippen LogP contribution in [0.15, 0.2) is 53.4 Å². The van der Waals surface area contributed by atoms with Crippen molar-refractivity contribution in [3.63, 3.8) is 0 Å². The van der Waals surface area contributed by atoms with Gasteiger partial charge in [-0.2, -0.15) is 0 Å². The van der Waals surface area contributed by atoms with Crippen molar-refractivity contribution in [2.75, 3.05) is 20.2 Å². The molecule has 0 saturated carbocycles. The van der Waals surface area contributed by atoms with Crippen LogP contribution >= 0.6 is 11.8 Å². The van der Waals surface area contributed by atoms with Crippen molar-refractivity contribution in [2.24, 2.45) is 0 Å². The number of hydrogen-bond acceptors (Lipinski definition) is 3. The van der Waals surface area contributed by atoms with Crippen LogP contribution in [0.4, 0.5) is 0 Å². The van der Waals surface area contributed by atoms with Gasteiger partial charge < -0.3 is 9.47 Å². The molecule has 2 aromatic rings. The van der Waals surface area contributed by atoms with Gasteiger partial charge in [0.25, 0.3) is 0 Å². The van der Waals surface area contributed by atoms with Crippen LogP contribution in [0, 0.1) is 0 Å². The first-order valence-corrected chi connectivity index (χ1v) is 6.93. The number of rotatable bonds is 5. The minimum absolute atomic E-state index is 0.276. The Kier molecular flexibility index (Phi) is 4.67. The predicted molar refractivity (Wildman–Crippen MR) is 76.2 cm³/mol. The largest absolute Gasteiger partial charge is 0.466 e. The Bertz CT molecular complexity index is 497. The highest BCUT2D eigenvalue weighted by molar-refractivity contribution is 7.98. The van der Waals surface area contributed by atoms with Gasteiger partial charge in [0.2, 0.25) is 0 Å². The summed E-state index contributed by atoms with van der Waals surface area (Å²) in [6.07, 6.45) is 2.05. The standard InChI is InChI=1S/C15H16O2S/c1-16-11-17-14-9-8-13(10-15(14)18-2)12-6-4-3-5-7-12/h3-10H,11H2,1-2H3. The third-order valence-electron chi connectivity index (χ3n) is 2.60. The van der Waals surface area contributed by atoms with Gasteiger partial charge in [0.05, 0.1) is 0 Å². The third kappa shape index (κ3) is 3.06. The zero-order valence-electron chi connectivity index (χ0n) is 10.6. The van der Waals surface area contributed by atoms with E-state index in [2.05, 4.69) is 24.3 Å². The molecular weight excluding hydrogens is 244 g/mol. The van der Waals surface area contributed by atoms with Crippen LogP contribution in [-0.4, -0.2) is 20.2 Å². The molecule has 0 amide bonds. The summed E-state index contributed by atoms with van der Waals surface area (Å²) < 4.78 is 10.5. The van der Waals surface area contributed by atoms with Crippen molar-refractivity contribution >= 4 is 11.8 Å². The highest BCUT2D eigenvalue weighted by Crippen LogP contribution is 2.32. The summed E-state index contributed by atoms with van der Waals surface area (Å²) in [6, 6.07) is 16.5. The van der Waals surface area contributed by atoms with Gasteiger partial charge >= 0.3 is 0 Å². The maximum Gasteiger partial charge on any atom is 0.188 e. The number of methoxy groups -OCH3 is 1. The topological polar surface area (TPSA) is 18.5 Å². The van der Waals surface area contributed by atoms with Crippen LogP contribution < -0.4 is 4.74 Å². The average Bonchev–Trinajstić information content (AvgIpc) is 2.46. The van der Waals surface area contributed by atoms with Gasteiger partial charge in [-0.3, -0.25) is 0 Å². The molecule has 2 nitrogen and oxygen atoms in total. The molecule has 0 fully saturated rings. The molecule has 18 heavy (non-hydrogen) atoms. The molecule has 2 aromatic carbocycles. The minimum atomic E-state index is 0.276. The molecule has 2 rings (SSSR count). The maximum atomic E-state index is 5.52. The SMILES string of the molecule is COCOc1ccc(-c2ccccc2)cc1SC. The average molecular weight is 260 g/mol. The van der Waals surface area contributed by atoms with Gasteiger partial charge in [-0.05, 0) is 29.5 Å². The zero-order valence-corrected chi connectivity index (χ0v) is 11.4.